The Kier molecular flexibility index (Phi) is 9.39. The molecule has 1 heterocycles. The molecule has 2 amide bonds. The van der Waals surface area contributed by atoms with E-state index in [0.29, 0.717) is 11.1 Å². The fourth-order valence-electron chi connectivity index (χ4n) is 4.81. The van der Waals surface area contributed by atoms with Gasteiger partial charge in [0, 0.05) is 12.6 Å². The lowest BCUT2D eigenvalue weighted by Gasteiger charge is -2.41. The molecule has 226 valence electrons. The van der Waals surface area contributed by atoms with Crippen LogP contribution >= 0.6 is 0 Å². The van der Waals surface area contributed by atoms with Crippen molar-refractivity contribution >= 4 is 33.3 Å². The number of carbonyl (C=O) groups is 3. The normalized spacial score (nSPS) is 16.6. The first-order valence-electron chi connectivity index (χ1n) is 13.4. The summed E-state index contributed by atoms with van der Waals surface area (Å²) in [6.07, 6.45) is -4.37. The van der Waals surface area contributed by atoms with Crippen molar-refractivity contribution in [2.45, 2.75) is 43.4 Å². The van der Waals surface area contributed by atoms with Crippen LogP contribution in [-0.4, -0.2) is 60.0 Å². The lowest BCUT2D eigenvalue weighted by molar-refractivity contribution is -0.173. The van der Waals surface area contributed by atoms with Gasteiger partial charge in [0.2, 0.25) is 5.91 Å². The van der Waals surface area contributed by atoms with Crippen LogP contribution in [0.1, 0.15) is 25.0 Å². The molecular formula is C31H30F3N3O5S. The molecule has 0 fully saturated rings. The highest BCUT2D eigenvalue weighted by Crippen LogP contribution is 2.33. The van der Waals surface area contributed by atoms with Gasteiger partial charge in [-0.2, -0.15) is 13.2 Å². The molecule has 12 heteroatoms. The van der Waals surface area contributed by atoms with E-state index in [0.717, 1.165) is 9.21 Å². The fraction of sp³-hybridized carbons (Fsp3) is 0.258. The maximum Gasteiger partial charge on any atom is 0.452 e. The summed E-state index contributed by atoms with van der Waals surface area (Å²) in [6, 6.07) is 20.5. The van der Waals surface area contributed by atoms with E-state index in [-0.39, 0.29) is 10.6 Å². The molecule has 0 aliphatic carbocycles. The molecule has 8 nitrogen and oxygen atoms in total. The van der Waals surface area contributed by atoms with Crippen molar-refractivity contribution in [1.29, 1.82) is 0 Å². The summed E-state index contributed by atoms with van der Waals surface area (Å²) in [7, 11) is -4.22. The molecule has 43 heavy (non-hydrogen) atoms. The van der Waals surface area contributed by atoms with Crippen molar-refractivity contribution in [1.82, 2.24) is 14.5 Å². The number of rotatable bonds is 10. The molecule has 0 bridgehead atoms. The fourth-order valence-corrected chi connectivity index (χ4v) is 6.43. The molecule has 0 radical (unpaired) electrons. The number of Topliss-reactive ketones (excluding diaryl/α,β-unsaturated/α-hetero) is 1. The number of hydrogen-bond donors (Lipinski definition) is 1. The number of sulfonamides is 1. The highest BCUT2D eigenvalue weighted by Gasteiger charge is 2.46. The van der Waals surface area contributed by atoms with E-state index in [1.54, 1.807) is 80.6 Å². The monoisotopic (exact) mass is 613 g/mol. The molecule has 0 saturated carbocycles. The predicted octanol–water partition coefficient (Wildman–Crippen LogP) is 4.40. The van der Waals surface area contributed by atoms with Crippen LogP contribution in [0.4, 0.5) is 13.2 Å². The second-order valence-corrected chi connectivity index (χ2v) is 12.2. The molecule has 3 aromatic rings. The van der Waals surface area contributed by atoms with Crippen LogP contribution in [0.2, 0.25) is 0 Å². The summed E-state index contributed by atoms with van der Waals surface area (Å²) in [5.41, 5.74) is 0.844. The van der Waals surface area contributed by atoms with Crippen LogP contribution in [0, 0.1) is 5.92 Å². The van der Waals surface area contributed by atoms with Gasteiger partial charge >= 0.3 is 6.18 Å². The topological polar surface area (TPSA) is 104 Å². The Bertz CT molecular complexity index is 1600. The van der Waals surface area contributed by atoms with Crippen LogP contribution in [0.15, 0.2) is 102 Å². The first-order valence-corrected chi connectivity index (χ1v) is 14.9. The van der Waals surface area contributed by atoms with E-state index in [4.69, 9.17) is 0 Å². The quantitative estimate of drug-likeness (QED) is 0.365. The summed E-state index contributed by atoms with van der Waals surface area (Å²) in [4.78, 5) is 40.5. The Balaban J connectivity index is 1.72. The molecule has 1 N–H and O–H groups in total. The Morgan fingerprint density at radius 3 is 1.95 bits per heavy atom. The van der Waals surface area contributed by atoms with Crippen LogP contribution in [0.5, 0.6) is 0 Å². The third-order valence-corrected chi connectivity index (χ3v) is 8.62. The number of halogens is 3. The predicted molar refractivity (Wildman–Crippen MR) is 153 cm³/mol. The third kappa shape index (κ3) is 7.14. The van der Waals surface area contributed by atoms with Crippen molar-refractivity contribution in [2.24, 2.45) is 5.92 Å². The van der Waals surface area contributed by atoms with Crippen molar-refractivity contribution in [3.8, 4) is 0 Å². The van der Waals surface area contributed by atoms with E-state index in [1.807, 2.05) is 0 Å². The molecule has 1 aliphatic rings. The second-order valence-electron chi connectivity index (χ2n) is 10.3. The van der Waals surface area contributed by atoms with Gasteiger partial charge in [0.25, 0.3) is 21.7 Å². The Hall–Kier alpha value is -4.45. The zero-order valence-electron chi connectivity index (χ0n) is 23.4. The summed E-state index contributed by atoms with van der Waals surface area (Å²) >= 11 is 0. The Morgan fingerprint density at radius 1 is 0.884 bits per heavy atom. The SMILES string of the molecule is CC(C)[C@H]1C(=O)N(CC(=O)N[C@@H](Cc2ccccc2)C(=O)C(F)(F)F)C(c2ccccc2)=CN1S(=O)(=O)c1ccccc1. The van der Waals surface area contributed by atoms with Gasteiger partial charge in [-0.05, 0) is 29.2 Å². The molecule has 0 unspecified atom stereocenters. The largest absolute Gasteiger partial charge is 0.452 e. The smallest absolute Gasteiger partial charge is 0.344 e. The van der Waals surface area contributed by atoms with Gasteiger partial charge in [-0.25, -0.2) is 8.42 Å². The lowest BCUT2D eigenvalue weighted by Crippen LogP contribution is -2.57. The molecule has 0 aromatic heterocycles. The number of alkyl halides is 3. The van der Waals surface area contributed by atoms with Gasteiger partial charge in [-0.15, -0.1) is 0 Å². The number of carbonyl (C=O) groups excluding carboxylic acids is 3. The van der Waals surface area contributed by atoms with Crippen molar-refractivity contribution in [3.63, 3.8) is 0 Å². The highest BCUT2D eigenvalue weighted by molar-refractivity contribution is 7.89. The van der Waals surface area contributed by atoms with E-state index < -0.39 is 64.8 Å². The zero-order valence-corrected chi connectivity index (χ0v) is 24.2. The number of hydrogen-bond acceptors (Lipinski definition) is 5. The minimum Gasteiger partial charge on any atom is -0.344 e. The Morgan fingerprint density at radius 2 is 1.42 bits per heavy atom. The number of ketones is 1. The van der Waals surface area contributed by atoms with Crippen LogP contribution in [-0.2, 0) is 30.8 Å². The molecule has 2 atom stereocenters. The number of amides is 2. The van der Waals surface area contributed by atoms with E-state index in [9.17, 15) is 36.0 Å². The highest BCUT2D eigenvalue weighted by atomic mass is 32.2. The van der Waals surface area contributed by atoms with Gasteiger partial charge < -0.3 is 5.32 Å². The van der Waals surface area contributed by atoms with Gasteiger partial charge in [0.05, 0.1) is 10.6 Å². The Labute approximate surface area is 247 Å². The minimum atomic E-state index is -5.21. The third-order valence-electron chi connectivity index (χ3n) is 6.87. The van der Waals surface area contributed by atoms with Gasteiger partial charge in [-0.3, -0.25) is 23.6 Å². The molecule has 4 rings (SSSR count). The van der Waals surface area contributed by atoms with E-state index in [1.165, 1.54) is 30.5 Å². The molecule has 0 spiro atoms. The van der Waals surface area contributed by atoms with Crippen LogP contribution in [0.25, 0.3) is 5.70 Å². The average Bonchev–Trinajstić information content (AvgIpc) is 2.98. The first kappa shape index (κ1) is 31.5. The van der Waals surface area contributed by atoms with Gasteiger partial charge in [0.15, 0.2) is 0 Å². The number of nitrogens with one attached hydrogen (secondary N) is 1. The standard InChI is InChI=1S/C31H30F3N3O5S/c1-21(2)28-30(40)36(20-27(38)35-25(29(39)31(32,33)34)18-22-12-6-3-7-13-22)26(23-14-8-4-9-15-23)19-37(28)43(41,42)24-16-10-5-11-17-24/h3-17,19,21,25,28H,18,20H2,1-2H3,(H,35,38)/t25-,28-/m0/s1. The summed E-state index contributed by atoms with van der Waals surface area (Å²) < 4.78 is 68.8. The maximum atomic E-state index is 14.0. The van der Waals surface area contributed by atoms with E-state index in [2.05, 4.69) is 5.32 Å². The summed E-state index contributed by atoms with van der Waals surface area (Å²) in [5.74, 6) is -4.44. The number of nitrogens with zero attached hydrogens (tertiary/aromatic N) is 2. The molecule has 0 saturated heterocycles. The van der Waals surface area contributed by atoms with Gasteiger partial charge in [0.1, 0.15) is 18.6 Å². The minimum absolute atomic E-state index is 0.0438. The maximum absolute atomic E-state index is 14.0. The molecular weight excluding hydrogens is 583 g/mol. The van der Waals surface area contributed by atoms with Crippen molar-refractivity contribution in [2.75, 3.05) is 6.54 Å². The zero-order chi connectivity index (χ0) is 31.4. The first-order chi connectivity index (χ1) is 20.3. The van der Waals surface area contributed by atoms with Crippen LogP contribution < -0.4 is 5.32 Å². The molecule has 1 aliphatic heterocycles. The number of benzene rings is 3. The molecule has 3 aromatic carbocycles. The second kappa shape index (κ2) is 12.8. The van der Waals surface area contributed by atoms with Crippen molar-refractivity contribution in [3.05, 3.63) is 108 Å². The van der Waals surface area contributed by atoms with Gasteiger partial charge in [-0.1, -0.05) is 92.7 Å². The van der Waals surface area contributed by atoms with E-state index >= 15 is 0 Å². The average molecular weight is 614 g/mol. The summed E-state index contributed by atoms with van der Waals surface area (Å²) in [6.45, 7) is 2.54. The summed E-state index contributed by atoms with van der Waals surface area (Å²) in [5, 5.41) is 2.16. The van der Waals surface area contributed by atoms with Crippen LogP contribution in [0.3, 0.4) is 0 Å². The van der Waals surface area contributed by atoms with Crippen molar-refractivity contribution < 1.29 is 36.0 Å². The lowest BCUT2D eigenvalue weighted by atomic mass is 9.99.